The Balaban J connectivity index is 1.64. The van der Waals surface area contributed by atoms with Crippen LogP contribution in [0.25, 0.3) is 6.08 Å². The molecule has 0 radical (unpaired) electrons. The van der Waals surface area contributed by atoms with Crippen LogP contribution in [0.3, 0.4) is 0 Å². The van der Waals surface area contributed by atoms with Crippen LogP contribution >= 0.6 is 34.3 Å². The van der Waals surface area contributed by atoms with Gasteiger partial charge in [0.15, 0.2) is 0 Å². The van der Waals surface area contributed by atoms with E-state index in [1.165, 1.54) is 9.75 Å². The molecule has 0 saturated carbocycles. The van der Waals surface area contributed by atoms with Crippen molar-refractivity contribution in [3.8, 4) is 0 Å². The van der Waals surface area contributed by atoms with E-state index in [2.05, 4.69) is 52.2 Å². The van der Waals surface area contributed by atoms with Crippen molar-refractivity contribution in [1.82, 2.24) is 0 Å². The van der Waals surface area contributed by atoms with Gasteiger partial charge >= 0.3 is 0 Å². The molecule has 120 valence electrons. The fourth-order valence-electron chi connectivity index (χ4n) is 2.73. The second-order valence-electron chi connectivity index (χ2n) is 5.50. The highest BCUT2D eigenvalue weighted by molar-refractivity contribution is 7.10. The molecule has 3 heterocycles. The molecule has 0 N–H and O–H groups in total. The molecule has 0 saturated heterocycles. The summed E-state index contributed by atoms with van der Waals surface area (Å²) in [5.41, 5.74) is 2.16. The first-order valence-corrected chi connectivity index (χ1v) is 9.80. The number of anilines is 1. The lowest BCUT2D eigenvalue weighted by Gasteiger charge is -2.22. The smallest absolute Gasteiger partial charge is 0.0923 e. The maximum atomic E-state index is 6.03. The van der Waals surface area contributed by atoms with Crippen LogP contribution in [0.1, 0.15) is 22.2 Å². The minimum atomic E-state index is 0.245. The number of hydrogen-bond acceptors (Lipinski definition) is 4. The van der Waals surface area contributed by atoms with Gasteiger partial charge in [0.2, 0.25) is 0 Å². The molecule has 0 fully saturated rings. The Morgan fingerprint density at radius 1 is 1.00 bits per heavy atom. The maximum absolute atomic E-state index is 6.03. The van der Waals surface area contributed by atoms with E-state index in [4.69, 9.17) is 16.7 Å². The molecule has 0 bridgehead atoms. The predicted octanol–water partition coefficient (Wildman–Crippen LogP) is 6.48. The third kappa shape index (κ3) is 3.31. The van der Waals surface area contributed by atoms with Crippen molar-refractivity contribution in [1.29, 1.82) is 0 Å². The van der Waals surface area contributed by atoms with E-state index in [1.807, 2.05) is 24.3 Å². The summed E-state index contributed by atoms with van der Waals surface area (Å²) in [6.45, 7) is 0. The normalized spacial score (nSPS) is 17.6. The second kappa shape index (κ2) is 6.93. The van der Waals surface area contributed by atoms with Gasteiger partial charge in [-0.2, -0.15) is 5.10 Å². The summed E-state index contributed by atoms with van der Waals surface area (Å²) in [6, 6.07) is 16.6. The quantitative estimate of drug-likeness (QED) is 0.512. The molecular formula is C19H15ClN2S2. The van der Waals surface area contributed by atoms with E-state index in [1.54, 1.807) is 22.7 Å². The number of halogens is 1. The molecule has 2 aromatic heterocycles. The third-order valence-electron chi connectivity index (χ3n) is 3.88. The highest BCUT2D eigenvalue weighted by Gasteiger charge is 2.28. The molecular weight excluding hydrogens is 356 g/mol. The van der Waals surface area contributed by atoms with Gasteiger partial charge in [-0.05, 0) is 59.3 Å². The Kier molecular flexibility index (Phi) is 4.52. The van der Waals surface area contributed by atoms with Gasteiger partial charge < -0.3 is 0 Å². The lowest BCUT2D eigenvalue weighted by Crippen LogP contribution is -2.17. The maximum Gasteiger partial charge on any atom is 0.0923 e. The van der Waals surface area contributed by atoms with E-state index >= 15 is 0 Å². The SMILES string of the molecule is Clc1ccc(N2N=C(/C=C\c3cccs3)C[C@@H]2c2cccs2)cc1. The van der Waals surface area contributed by atoms with Gasteiger partial charge in [-0.25, -0.2) is 0 Å². The van der Waals surface area contributed by atoms with Crippen molar-refractivity contribution >= 4 is 51.7 Å². The Bertz CT molecular complexity index is 849. The highest BCUT2D eigenvalue weighted by atomic mass is 35.5. The van der Waals surface area contributed by atoms with Gasteiger partial charge in [0, 0.05) is 21.2 Å². The lowest BCUT2D eigenvalue weighted by atomic mass is 10.1. The Morgan fingerprint density at radius 2 is 1.79 bits per heavy atom. The van der Waals surface area contributed by atoms with Crippen LogP contribution in [-0.4, -0.2) is 5.71 Å². The van der Waals surface area contributed by atoms with Gasteiger partial charge in [0.25, 0.3) is 0 Å². The van der Waals surface area contributed by atoms with Crippen molar-refractivity contribution in [2.45, 2.75) is 12.5 Å². The Labute approximate surface area is 154 Å². The van der Waals surface area contributed by atoms with Gasteiger partial charge in [-0.3, -0.25) is 5.01 Å². The molecule has 24 heavy (non-hydrogen) atoms. The molecule has 3 aromatic rings. The molecule has 1 atom stereocenters. The van der Waals surface area contributed by atoms with Crippen molar-refractivity contribution < 1.29 is 0 Å². The van der Waals surface area contributed by atoms with Crippen molar-refractivity contribution in [3.63, 3.8) is 0 Å². The zero-order valence-electron chi connectivity index (χ0n) is 12.8. The molecule has 0 amide bonds. The summed E-state index contributed by atoms with van der Waals surface area (Å²) >= 11 is 9.54. The van der Waals surface area contributed by atoms with E-state index in [9.17, 15) is 0 Å². The van der Waals surface area contributed by atoms with Crippen LogP contribution < -0.4 is 5.01 Å². The molecule has 1 aliphatic rings. The number of hydrogen-bond donors (Lipinski definition) is 0. The average Bonchev–Trinajstić information content (AvgIpc) is 3.34. The number of thiophene rings is 2. The van der Waals surface area contributed by atoms with E-state index in [-0.39, 0.29) is 6.04 Å². The standard InChI is InChI=1S/C19H15ClN2S2/c20-14-5-8-16(9-6-14)22-18(19-4-2-12-24-19)13-15(21-22)7-10-17-3-1-11-23-17/h1-12,18H,13H2/b10-7-/t18-/m1/s1. The Hall–Kier alpha value is -1.88. The van der Waals surface area contributed by atoms with Crippen LogP contribution in [-0.2, 0) is 0 Å². The summed E-state index contributed by atoms with van der Waals surface area (Å²) in [4.78, 5) is 2.57. The predicted molar refractivity (Wildman–Crippen MR) is 106 cm³/mol. The number of nitrogens with zero attached hydrogens (tertiary/aromatic N) is 2. The first kappa shape index (κ1) is 15.6. The number of allylic oxidation sites excluding steroid dienone is 1. The molecule has 0 unspecified atom stereocenters. The fraction of sp³-hybridized carbons (Fsp3) is 0.105. The summed E-state index contributed by atoms with van der Waals surface area (Å²) in [6.07, 6.45) is 5.17. The van der Waals surface area contributed by atoms with E-state index in [0.717, 1.165) is 22.8 Å². The molecule has 4 rings (SSSR count). The van der Waals surface area contributed by atoms with Gasteiger partial charge in [-0.15, -0.1) is 22.7 Å². The molecule has 0 aliphatic carbocycles. The van der Waals surface area contributed by atoms with Crippen molar-refractivity contribution in [2.75, 3.05) is 5.01 Å². The lowest BCUT2D eigenvalue weighted by molar-refractivity contribution is 0.722. The number of benzene rings is 1. The van der Waals surface area contributed by atoms with Crippen LogP contribution in [0.4, 0.5) is 5.69 Å². The van der Waals surface area contributed by atoms with E-state index < -0.39 is 0 Å². The first-order valence-electron chi connectivity index (χ1n) is 7.67. The molecule has 2 nitrogen and oxygen atoms in total. The topological polar surface area (TPSA) is 15.6 Å². The minimum Gasteiger partial charge on any atom is -0.257 e. The average molecular weight is 371 g/mol. The van der Waals surface area contributed by atoms with E-state index in [0.29, 0.717) is 0 Å². The van der Waals surface area contributed by atoms with Crippen LogP contribution in [0.15, 0.2) is 70.5 Å². The summed E-state index contributed by atoms with van der Waals surface area (Å²) in [5.74, 6) is 0. The molecule has 1 aromatic carbocycles. The van der Waals surface area contributed by atoms with Crippen LogP contribution in [0, 0.1) is 0 Å². The number of hydrazone groups is 1. The Morgan fingerprint density at radius 3 is 2.50 bits per heavy atom. The number of rotatable bonds is 4. The molecule has 1 aliphatic heterocycles. The van der Waals surface area contributed by atoms with Crippen molar-refractivity contribution in [2.24, 2.45) is 5.10 Å². The summed E-state index contributed by atoms with van der Waals surface area (Å²) in [5, 5.41) is 11.9. The summed E-state index contributed by atoms with van der Waals surface area (Å²) < 4.78 is 0. The zero-order valence-corrected chi connectivity index (χ0v) is 15.2. The molecule has 5 heteroatoms. The van der Waals surface area contributed by atoms with Gasteiger partial charge in [0.05, 0.1) is 17.4 Å². The van der Waals surface area contributed by atoms with Crippen molar-refractivity contribution in [3.05, 3.63) is 80.1 Å². The third-order valence-corrected chi connectivity index (χ3v) is 5.94. The summed E-state index contributed by atoms with van der Waals surface area (Å²) in [7, 11) is 0. The second-order valence-corrected chi connectivity index (χ2v) is 7.89. The van der Waals surface area contributed by atoms with Gasteiger partial charge in [-0.1, -0.05) is 23.7 Å². The fourth-order valence-corrected chi connectivity index (χ4v) is 4.29. The largest absolute Gasteiger partial charge is 0.257 e. The highest BCUT2D eigenvalue weighted by Crippen LogP contribution is 2.37. The van der Waals surface area contributed by atoms with Crippen LogP contribution in [0.2, 0.25) is 5.02 Å². The first-order chi connectivity index (χ1) is 11.8. The van der Waals surface area contributed by atoms with Gasteiger partial charge in [0.1, 0.15) is 0 Å². The zero-order chi connectivity index (χ0) is 16.4. The van der Waals surface area contributed by atoms with Crippen LogP contribution in [0.5, 0.6) is 0 Å². The monoisotopic (exact) mass is 370 g/mol. The minimum absolute atomic E-state index is 0.245. The molecule has 0 spiro atoms.